The standard InChI is InChI=1S/C24H24FN5O3S/c1-33-17-6-7-19-18(14-17)21-22(26-19)23(32)30(24(34)27-21)9-8-20(31)29-12-10-28(11-13-29)16-4-2-15(25)3-5-16/h2-7,14,26H,8-13H2,1H3,(H,27,34). The summed E-state index contributed by atoms with van der Waals surface area (Å²) in [6.07, 6.45) is 0.174. The summed E-state index contributed by atoms with van der Waals surface area (Å²) in [5.74, 6) is 0.389. The van der Waals surface area contributed by atoms with E-state index in [2.05, 4.69) is 14.9 Å². The third-order valence-corrected chi connectivity index (χ3v) is 6.64. The Labute approximate surface area is 199 Å². The van der Waals surface area contributed by atoms with Gasteiger partial charge in [-0.3, -0.25) is 14.2 Å². The van der Waals surface area contributed by atoms with E-state index in [4.69, 9.17) is 17.0 Å². The lowest BCUT2D eigenvalue weighted by Gasteiger charge is -2.36. The van der Waals surface area contributed by atoms with Crippen molar-refractivity contribution in [3.05, 3.63) is 63.4 Å². The van der Waals surface area contributed by atoms with Crippen LogP contribution in [0.3, 0.4) is 0 Å². The van der Waals surface area contributed by atoms with Gasteiger partial charge in [-0.05, 0) is 54.7 Å². The topological polar surface area (TPSA) is 86.4 Å². The molecule has 2 N–H and O–H groups in total. The summed E-state index contributed by atoms with van der Waals surface area (Å²) in [5.41, 5.74) is 2.52. The Morgan fingerprint density at radius 2 is 1.79 bits per heavy atom. The van der Waals surface area contributed by atoms with Gasteiger partial charge in [0.05, 0.1) is 12.6 Å². The second-order valence-electron chi connectivity index (χ2n) is 8.27. The van der Waals surface area contributed by atoms with Crippen molar-refractivity contribution in [3.8, 4) is 5.75 Å². The zero-order valence-corrected chi connectivity index (χ0v) is 19.5. The van der Waals surface area contributed by atoms with Crippen molar-refractivity contribution in [2.75, 3.05) is 38.2 Å². The summed E-state index contributed by atoms with van der Waals surface area (Å²) in [6, 6.07) is 11.9. The van der Waals surface area contributed by atoms with Crippen LogP contribution >= 0.6 is 12.2 Å². The summed E-state index contributed by atoms with van der Waals surface area (Å²) in [5, 5.41) is 0.819. The maximum absolute atomic E-state index is 13.2. The minimum absolute atomic E-state index is 0.0264. The number of halogens is 1. The molecule has 0 atom stereocenters. The highest BCUT2D eigenvalue weighted by Crippen LogP contribution is 2.26. The van der Waals surface area contributed by atoms with E-state index < -0.39 is 0 Å². The molecule has 0 bridgehead atoms. The van der Waals surface area contributed by atoms with Crippen LogP contribution < -0.4 is 15.2 Å². The summed E-state index contributed by atoms with van der Waals surface area (Å²) in [4.78, 5) is 36.2. The van der Waals surface area contributed by atoms with E-state index in [1.807, 2.05) is 18.2 Å². The monoisotopic (exact) mass is 481 g/mol. The van der Waals surface area contributed by atoms with E-state index in [1.165, 1.54) is 16.7 Å². The van der Waals surface area contributed by atoms with Crippen LogP contribution in [0.2, 0.25) is 0 Å². The molecule has 1 saturated heterocycles. The van der Waals surface area contributed by atoms with Gasteiger partial charge in [-0.2, -0.15) is 0 Å². The van der Waals surface area contributed by atoms with E-state index in [1.54, 1.807) is 24.1 Å². The molecule has 2 aromatic carbocycles. The third-order valence-electron chi connectivity index (χ3n) is 6.32. The highest BCUT2D eigenvalue weighted by Gasteiger charge is 2.22. The van der Waals surface area contributed by atoms with Crippen LogP contribution in [-0.4, -0.2) is 58.6 Å². The lowest BCUT2D eigenvalue weighted by atomic mass is 10.2. The Hall–Kier alpha value is -3.66. The number of amides is 1. The number of methoxy groups -OCH3 is 1. The van der Waals surface area contributed by atoms with Crippen LogP contribution in [0.15, 0.2) is 47.3 Å². The van der Waals surface area contributed by atoms with Crippen LogP contribution in [0.4, 0.5) is 10.1 Å². The number of carbonyl (C=O) groups excluding carboxylic acids is 1. The molecular formula is C24H24FN5O3S. The van der Waals surface area contributed by atoms with Gasteiger partial charge in [-0.15, -0.1) is 0 Å². The van der Waals surface area contributed by atoms with Crippen LogP contribution in [0.1, 0.15) is 6.42 Å². The number of fused-ring (bicyclic) bond motifs is 3. The number of hydrogen-bond acceptors (Lipinski definition) is 5. The Balaban J connectivity index is 1.29. The number of piperazine rings is 1. The number of nitrogens with zero attached hydrogens (tertiary/aromatic N) is 3. The van der Waals surface area contributed by atoms with Crippen molar-refractivity contribution in [1.82, 2.24) is 19.4 Å². The molecule has 0 saturated carbocycles. The average molecular weight is 482 g/mol. The van der Waals surface area contributed by atoms with Crippen molar-refractivity contribution in [2.45, 2.75) is 13.0 Å². The second-order valence-corrected chi connectivity index (χ2v) is 8.65. The van der Waals surface area contributed by atoms with Crippen LogP contribution in [0.25, 0.3) is 21.9 Å². The molecule has 34 heavy (non-hydrogen) atoms. The summed E-state index contributed by atoms with van der Waals surface area (Å²) in [6.45, 7) is 2.67. The van der Waals surface area contributed by atoms with E-state index in [9.17, 15) is 14.0 Å². The molecule has 10 heteroatoms. The van der Waals surface area contributed by atoms with Gasteiger partial charge in [0, 0.05) is 55.7 Å². The molecule has 0 aliphatic carbocycles. The largest absolute Gasteiger partial charge is 0.497 e. The molecule has 1 fully saturated rings. The molecule has 5 rings (SSSR count). The molecule has 1 aliphatic heterocycles. The number of nitrogens with one attached hydrogen (secondary N) is 2. The molecule has 1 aliphatic rings. The van der Waals surface area contributed by atoms with E-state index in [0.717, 1.165) is 16.6 Å². The Morgan fingerprint density at radius 3 is 2.50 bits per heavy atom. The van der Waals surface area contributed by atoms with Gasteiger partial charge in [0.2, 0.25) is 5.91 Å². The number of hydrogen-bond donors (Lipinski definition) is 2. The number of ether oxygens (including phenoxy) is 1. The van der Waals surface area contributed by atoms with Gasteiger partial charge >= 0.3 is 0 Å². The first-order chi connectivity index (χ1) is 16.4. The third kappa shape index (κ3) is 4.05. The van der Waals surface area contributed by atoms with Crippen LogP contribution in [0, 0.1) is 10.6 Å². The normalized spacial score (nSPS) is 14.2. The molecule has 176 valence electrons. The average Bonchev–Trinajstić information content (AvgIpc) is 3.22. The zero-order valence-electron chi connectivity index (χ0n) is 18.6. The smallest absolute Gasteiger partial charge is 0.278 e. The minimum Gasteiger partial charge on any atom is -0.497 e. The molecule has 3 heterocycles. The van der Waals surface area contributed by atoms with Crippen LogP contribution in [0.5, 0.6) is 5.75 Å². The summed E-state index contributed by atoms with van der Waals surface area (Å²) in [7, 11) is 1.59. The first-order valence-electron chi connectivity index (χ1n) is 11.1. The number of carbonyl (C=O) groups is 1. The fourth-order valence-electron chi connectivity index (χ4n) is 4.42. The number of aromatic nitrogens is 3. The van der Waals surface area contributed by atoms with Crippen molar-refractivity contribution >= 4 is 45.7 Å². The van der Waals surface area contributed by atoms with Crippen molar-refractivity contribution in [1.29, 1.82) is 0 Å². The van der Waals surface area contributed by atoms with Gasteiger partial charge in [0.15, 0.2) is 4.77 Å². The maximum atomic E-state index is 13.2. The fraction of sp³-hybridized carbons (Fsp3) is 0.292. The number of aromatic amines is 2. The quantitative estimate of drug-likeness (QED) is 0.427. The Bertz CT molecular complexity index is 1480. The highest BCUT2D eigenvalue weighted by molar-refractivity contribution is 7.71. The molecule has 4 aromatic rings. The Kier molecular flexibility index (Phi) is 5.82. The van der Waals surface area contributed by atoms with Gasteiger partial charge in [-0.25, -0.2) is 4.39 Å². The summed E-state index contributed by atoms with van der Waals surface area (Å²) >= 11 is 5.45. The predicted molar refractivity (Wildman–Crippen MR) is 132 cm³/mol. The van der Waals surface area contributed by atoms with Crippen LogP contribution in [-0.2, 0) is 11.3 Å². The van der Waals surface area contributed by atoms with Gasteiger partial charge in [0.25, 0.3) is 5.56 Å². The first kappa shape index (κ1) is 22.1. The van der Waals surface area contributed by atoms with E-state index in [0.29, 0.717) is 43.0 Å². The molecule has 0 unspecified atom stereocenters. The predicted octanol–water partition coefficient (Wildman–Crippen LogP) is 3.43. The molecule has 0 radical (unpaired) electrons. The molecule has 0 spiro atoms. The number of H-pyrrole nitrogens is 2. The SMILES string of the molecule is COc1ccc2[nH]c3c(=O)n(CCC(=O)N4CCN(c5ccc(F)cc5)CC4)c(=S)[nH]c3c2c1. The summed E-state index contributed by atoms with van der Waals surface area (Å²) < 4.78 is 20.1. The number of benzene rings is 2. The van der Waals surface area contributed by atoms with Crippen molar-refractivity contribution in [3.63, 3.8) is 0 Å². The minimum atomic E-state index is -0.267. The van der Waals surface area contributed by atoms with Crippen molar-refractivity contribution < 1.29 is 13.9 Å². The fourth-order valence-corrected chi connectivity index (χ4v) is 4.70. The first-order valence-corrected chi connectivity index (χ1v) is 11.5. The lowest BCUT2D eigenvalue weighted by Crippen LogP contribution is -2.49. The van der Waals surface area contributed by atoms with E-state index in [-0.39, 0.29) is 35.0 Å². The highest BCUT2D eigenvalue weighted by atomic mass is 32.1. The number of anilines is 1. The molecule has 8 nitrogen and oxygen atoms in total. The zero-order chi connectivity index (χ0) is 23.8. The van der Waals surface area contributed by atoms with Gasteiger partial charge in [-0.1, -0.05) is 0 Å². The molecular weight excluding hydrogens is 457 g/mol. The lowest BCUT2D eigenvalue weighted by molar-refractivity contribution is -0.131. The maximum Gasteiger partial charge on any atom is 0.278 e. The second kappa shape index (κ2) is 8.94. The van der Waals surface area contributed by atoms with Gasteiger partial charge in [0.1, 0.15) is 17.1 Å². The molecule has 1 amide bonds. The Morgan fingerprint density at radius 1 is 1.06 bits per heavy atom. The van der Waals surface area contributed by atoms with Crippen molar-refractivity contribution in [2.24, 2.45) is 0 Å². The molecule has 2 aromatic heterocycles. The van der Waals surface area contributed by atoms with Gasteiger partial charge < -0.3 is 24.5 Å². The number of rotatable bonds is 5. The van der Waals surface area contributed by atoms with E-state index >= 15 is 0 Å².